The molecule has 2 aromatic rings. The molecule has 34 heavy (non-hydrogen) atoms. The van der Waals surface area contributed by atoms with E-state index in [-0.39, 0.29) is 36.6 Å². The predicted molar refractivity (Wildman–Crippen MR) is 119 cm³/mol. The highest BCUT2D eigenvalue weighted by Crippen LogP contribution is 2.42. The van der Waals surface area contributed by atoms with Gasteiger partial charge in [0.05, 0.1) is 33.5 Å². The summed E-state index contributed by atoms with van der Waals surface area (Å²) in [6.45, 7) is -0.583. The second kappa shape index (κ2) is 9.94. The minimum Gasteiger partial charge on any atom is -0.493 e. The van der Waals surface area contributed by atoms with Crippen LogP contribution in [0, 0.1) is 11.6 Å². The summed E-state index contributed by atoms with van der Waals surface area (Å²) in [5.41, 5.74) is -0.0662. The maximum Gasteiger partial charge on any atom is 0.330 e. The molecule has 0 radical (unpaired) electrons. The summed E-state index contributed by atoms with van der Waals surface area (Å²) in [5.74, 6) is -2.02. The van der Waals surface area contributed by atoms with Crippen LogP contribution in [-0.4, -0.2) is 65.7 Å². The highest BCUT2D eigenvalue weighted by Gasteiger charge is 2.41. The largest absolute Gasteiger partial charge is 0.493 e. The summed E-state index contributed by atoms with van der Waals surface area (Å²) in [6.07, 6.45) is 3.75. The number of carbonyl (C=O) groups excluding carboxylic acids is 1. The van der Waals surface area contributed by atoms with Gasteiger partial charge in [-0.25, -0.2) is 18.6 Å². The van der Waals surface area contributed by atoms with Crippen LogP contribution in [0.25, 0.3) is 0 Å². The number of rotatable bonds is 8. The number of aliphatic hydroxyl groups is 2. The van der Waals surface area contributed by atoms with E-state index in [0.717, 1.165) is 36.6 Å². The SMILES string of the molecule is COc1cc(OC)c(F)c(N2Cc3cnc(NCC(O)CO)nc3N(C3CCCC3)C2=O)c1F. The number of ether oxygens (including phenoxy) is 2. The molecule has 1 saturated carbocycles. The van der Waals surface area contributed by atoms with Crippen molar-refractivity contribution in [2.45, 2.75) is 44.4 Å². The number of aromatic nitrogens is 2. The van der Waals surface area contributed by atoms with Crippen LogP contribution in [-0.2, 0) is 6.54 Å². The first-order valence-corrected chi connectivity index (χ1v) is 11.0. The van der Waals surface area contributed by atoms with E-state index >= 15 is 8.78 Å². The number of hydrogen-bond acceptors (Lipinski definition) is 8. The molecule has 2 heterocycles. The van der Waals surface area contributed by atoms with Crippen LogP contribution < -0.4 is 24.6 Å². The molecule has 3 N–H and O–H groups in total. The van der Waals surface area contributed by atoms with Crippen LogP contribution in [0.15, 0.2) is 12.3 Å². The van der Waals surface area contributed by atoms with E-state index in [2.05, 4.69) is 15.3 Å². The summed E-state index contributed by atoms with van der Waals surface area (Å²) >= 11 is 0. The second-order valence-corrected chi connectivity index (χ2v) is 8.19. The van der Waals surface area contributed by atoms with E-state index in [9.17, 15) is 9.90 Å². The van der Waals surface area contributed by atoms with Crippen LogP contribution in [0.1, 0.15) is 31.2 Å². The quantitative estimate of drug-likeness (QED) is 0.528. The Morgan fingerprint density at radius 1 is 1.21 bits per heavy atom. The number of aliphatic hydroxyl groups excluding tert-OH is 2. The van der Waals surface area contributed by atoms with Gasteiger partial charge in [-0.1, -0.05) is 12.8 Å². The van der Waals surface area contributed by atoms with Gasteiger partial charge < -0.3 is 25.0 Å². The lowest BCUT2D eigenvalue weighted by Crippen LogP contribution is -2.52. The van der Waals surface area contributed by atoms with Gasteiger partial charge in [-0.15, -0.1) is 0 Å². The number of methoxy groups -OCH3 is 2. The van der Waals surface area contributed by atoms with E-state index < -0.39 is 36.1 Å². The number of urea groups is 1. The molecule has 0 spiro atoms. The summed E-state index contributed by atoms with van der Waals surface area (Å²) in [6, 6.07) is 0.277. The maximum atomic E-state index is 15.2. The molecule has 1 aromatic heterocycles. The molecule has 1 atom stereocenters. The fourth-order valence-electron chi connectivity index (χ4n) is 4.31. The van der Waals surface area contributed by atoms with Crippen molar-refractivity contribution in [2.75, 3.05) is 42.5 Å². The molecule has 10 nitrogen and oxygen atoms in total. The minimum atomic E-state index is -1.01. The lowest BCUT2D eigenvalue weighted by molar-refractivity contribution is 0.105. The second-order valence-electron chi connectivity index (χ2n) is 8.19. The molecule has 1 unspecified atom stereocenters. The predicted octanol–water partition coefficient (Wildman–Crippen LogP) is 2.43. The minimum absolute atomic E-state index is 0.0127. The normalized spacial score (nSPS) is 17.1. The van der Waals surface area contributed by atoms with Gasteiger partial charge in [0.25, 0.3) is 0 Å². The third-order valence-electron chi connectivity index (χ3n) is 6.05. The number of hydrogen-bond donors (Lipinski definition) is 3. The molecule has 0 bridgehead atoms. The van der Waals surface area contributed by atoms with Gasteiger partial charge >= 0.3 is 6.03 Å². The number of nitrogens with one attached hydrogen (secondary N) is 1. The first kappa shape index (κ1) is 23.9. The Balaban J connectivity index is 1.78. The molecular weight excluding hydrogens is 452 g/mol. The van der Waals surface area contributed by atoms with Crippen LogP contribution in [0.2, 0.25) is 0 Å². The fraction of sp³-hybridized carbons (Fsp3) is 0.500. The van der Waals surface area contributed by atoms with Crippen molar-refractivity contribution in [2.24, 2.45) is 0 Å². The van der Waals surface area contributed by atoms with Crippen molar-refractivity contribution in [1.82, 2.24) is 9.97 Å². The van der Waals surface area contributed by atoms with Gasteiger partial charge in [0.1, 0.15) is 11.5 Å². The average Bonchev–Trinajstić information content (AvgIpc) is 3.37. The Kier molecular flexibility index (Phi) is 6.98. The molecule has 1 aliphatic carbocycles. The van der Waals surface area contributed by atoms with E-state index in [1.165, 1.54) is 25.3 Å². The Morgan fingerprint density at radius 3 is 2.44 bits per heavy atom. The highest BCUT2D eigenvalue weighted by atomic mass is 19.1. The topological polar surface area (TPSA) is 120 Å². The van der Waals surface area contributed by atoms with Crippen molar-refractivity contribution in [3.8, 4) is 11.5 Å². The van der Waals surface area contributed by atoms with Crippen molar-refractivity contribution in [3.05, 3.63) is 29.5 Å². The molecular formula is C22H27F2N5O5. The number of carbonyl (C=O) groups is 1. The van der Waals surface area contributed by atoms with Gasteiger partial charge in [0.2, 0.25) is 5.95 Å². The molecule has 12 heteroatoms. The van der Waals surface area contributed by atoms with E-state index in [1.54, 1.807) is 0 Å². The molecule has 2 aliphatic rings. The van der Waals surface area contributed by atoms with Crippen LogP contribution in [0.3, 0.4) is 0 Å². The molecule has 4 rings (SSSR count). The molecule has 1 aromatic carbocycles. The number of halogens is 2. The molecule has 1 fully saturated rings. The van der Waals surface area contributed by atoms with Crippen molar-refractivity contribution in [1.29, 1.82) is 0 Å². The van der Waals surface area contributed by atoms with E-state index in [1.807, 2.05) is 0 Å². The number of anilines is 3. The first-order valence-electron chi connectivity index (χ1n) is 11.0. The van der Waals surface area contributed by atoms with Crippen LogP contribution in [0.4, 0.5) is 31.0 Å². The van der Waals surface area contributed by atoms with Gasteiger partial charge in [0, 0.05) is 30.4 Å². The zero-order chi connectivity index (χ0) is 24.4. The van der Waals surface area contributed by atoms with Crippen molar-refractivity contribution in [3.63, 3.8) is 0 Å². The Labute approximate surface area is 195 Å². The highest BCUT2D eigenvalue weighted by molar-refractivity contribution is 6.06. The van der Waals surface area contributed by atoms with Crippen LogP contribution >= 0.6 is 0 Å². The van der Waals surface area contributed by atoms with Crippen molar-refractivity contribution < 1.29 is 33.3 Å². The zero-order valence-corrected chi connectivity index (χ0v) is 18.9. The molecule has 1 aliphatic heterocycles. The monoisotopic (exact) mass is 479 g/mol. The smallest absolute Gasteiger partial charge is 0.330 e. The molecule has 2 amide bonds. The number of fused-ring (bicyclic) bond motifs is 1. The third-order valence-corrected chi connectivity index (χ3v) is 6.05. The number of nitrogens with zero attached hydrogens (tertiary/aromatic N) is 4. The lowest BCUT2D eigenvalue weighted by Gasteiger charge is -2.39. The van der Waals surface area contributed by atoms with Crippen molar-refractivity contribution >= 4 is 23.5 Å². The average molecular weight is 479 g/mol. The lowest BCUT2D eigenvalue weighted by atomic mass is 10.1. The van der Waals surface area contributed by atoms with Gasteiger partial charge in [0.15, 0.2) is 23.1 Å². The summed E-state index contributed by atoms with van der Waals surface area (Å²) in [5, 5.41) is 21.4. The molecule has 0 saturated heterocycles. The van der Waals surface area contributed by atoms with Gasteiger partial charge in [-0.3, -0.25) is 9.80 Å². The fourth-order valence-corrected chi connectivity index (χ4v) is 4.31. The summed E-state index contributed by atoms with van der Waals surface area (Å²) in [4.78, 5) is 24.8. The number of benzene rings is 1. The van der Waals surface area contributed by atoms with Gasteiger partial charge in [-0.05, 0) is 12.8 Å². The third kappa shape index (κ3) is 4.30. The Bertz CT molecular complexity index is 1040. The summed E-state index contributed by atoms with van der Waals surface area (Å²) < 4.78 is 40.6. The maximum absolute atomic E-state index is 15.2. The van der Waals surface area contributed by atoms with E-state index in [0.29, 0.717) is 11.4 Å². The first-order chi connectivity index (χ1) is 16.4. The zero-order valence-electron chi connectivity index (χ0n) is 18.9. The van der Waals surface area contributed by atoms with Crippen LogP contribution in [0.5, 0.6) is 11.5 Å². The Morgan fingerprint density at radius 2 is 1.85 bits per heavy atom. The Hall–Kier alpha value is -3.25. The standard InChI is InChI=1S/C22H27F2N5O5/c1-33-15-7-16(34-2)18(24)19(17(15)23)28-10-12-8-25-21(26-9-14(31)11-30)27-20(12)29(22(28)32)13-5-3-4-6-13/h7-8,13-14,30-31H,3-6,9-11H2,1-2H3,(H,25,26,27). The summed E-state index contributed by atoms with van der Waals surface area (Å²) in [7, 11) is 2.49. The molecule has 184 valence electrons. The number of amides is 2. The van der Waals surface area contributed by atoms with Gasteiger partial charge in [-0.2, -0.15) is 4.98 Å². The van der Waals surface area contributed by atoms with E-state index in [4.69, 9.17) is 14.6 Å².